The molecule has 0 aromatic carbocycles. The summed E-state index contributed by atoms with van der Waals surface area (Å²) in [6, 6.07) is 0. The van der Waals surface area contributed by atoms with Crippen LogP contribution in [-0.2, 0) is 23.7 Å². The van der Waals surface area contributed by atoms with E-state index in [1.54, 1.807) is 0 Å². The van der Waals surface area contributed by atoms with Crippen molar-refractivity contribution >= 4 is 12.1 Å². The first-order valence-electron chi connectivity index (χ1n) is 6.09. The van der Waals surface area contributed by atoms with Gasteiger partial charge in [0.05, 0.1) is 19.8 Å². The average Bonchev–Trinajstić information content (AvgIpc) is 2.98. The molecule has 0 N–H and O–H groups in total. The van der Waals surface area contributed by atoms with Gasteiger partial charge in [-0.25, -0.2) is 4.79 Å². The molecule has 3 aliphatic rings. The van der Waals surface area contributed by atoms with Gasteiger partial charge in [0.15, 0.2) is 0 Å². The van der Waals surface area contributed by atoms with Crippen molar-refractivity contribution in [3.05, 3.63) is 0 Å². The molecule has 18 heavy (non-hydrogen) atoms. The van der Waals surface area contributed by atoms with E-state index in [1.165, 1.54) is 7.11 Å². The van der Waals surface area contributed by atoms with Crippen molar-refractivity contribution in [1.29, 1.82) is 0 Å². The highest BCUT2D eigenvalue weighted by atomic mass is 16.7. The number of hydrogen-bond donors (Lipinski definition) is 0. The average molecular weight is 256 g/mol. The number of methoxy groups -OCH3 is 1. The molecular weight excluding hydrogens is 240 g/mol. The second-order valence-corrected chi connectivity index (χ2v) is 5.39. The lowest BCUT2D eigenvalue weighted by Gasteiger charge is -2.33. The highest BCUT2D eigenvalue weighted by Gasteiger charge is 2.72. The lowest BCUT2D eigenvalue weighted by molar-refractivity contribution is -0.150. The largest absolute Gasteiger partial charge is 0.508 e. The van der Waals surface area contributed by atoms with Crippen LogP contribution >= 0.6 is 0 Å². The minimum atomic E-state index is -0.727. The number of carbonyl (C=O) groups is 2. The van der Waals surface area contributed by atoms with Gasteiger partial charge in [-0.1, -0.05) is 0 Å². The Morgan fingerprint density at radius 3 is 3.06 bits per heavy atom. The molecule has 0 saturated carbocycles. The summed E-state index contributed by atoms with van der Waals surface area (Å²) >= 11 is 0. The van der Waals surface area contributed by atoms with Gasteiger partial charge < -0.3 is 18.9 Å². The summed E-state index contributed by atoms with van der Waals surface area (Å²) in [5, 5.41) is 0. The van der Waals surface area contributed by atoms with E-state index in [2.05, 4.69) is 4.74 Å². The van der Waals surface area contributed by atoms with Crippen molar-refractivity contribution in [2.45, 2.75) is 31.5 Å². The molecule has 0 amide bonds. The molecule has 3 saturated heterocycles. The molecule has 0 aliphatic carbocycles. The molecule has 0 unspecified atom stereocenters. The van der Waals surface area contributed by atoms with E-state index >= 15 is 0 Å². The van der Waals surface area contributed by atoms with Gasteiger partial charge in [-0.15, -0.1) is 0 Å². The lowest BCUT2D eigenvalue weighted by atomic mass is 9.64. The van der Waals surface area contributed by atoms with Gasteiger partial charge in [0.2, 0.25) is 0 Å². The zero-order valence-corrected chi connectivity index (χ0v) is 10.4. The molecule has 3 aliphatic heterocycles. The first-order valence-corrected chi connectivity index (χ1v) is 6.09. The van der Waals surface area contributed by atoms with Gasteiger partial charge in [0.25, 0.3) is 0 Å². The maximum atomic E-state index is 11.9. The Morgan fingerprint density at radius 1 is 1.56 bits per heavy atom. The third-order valence-electron chi connectivity index (χ3n) is 4.66. The van der Waals surface area contributed by atoms with Crippen LogP contribution in [0.25, 0.3) is 0 Å². The minimum Gasteiger partial charge on any atom is -0.465 e. The van der Waals surface area contributed by atoms with Crippen LogP contribution in [0.3, 0.4) is 0 Å². The molecule has 0 spiro atoms. The highest BCUT2D eigenvalue weighted by Crippen LogP contribution is 2.60. The number of fused-ring (bicyclic) bond motifs is 5. The number of cyclic esters (lactones) is 1. The molecule has 0 aromatic heterocycles. The molecule has 3 fully saturated rings. The number of carbonyl (C=O) groups excluding carboxylic acids is 2. The Hall–Kier alpha value is -1.30. The number of hydrogen-bond acceptors (Lipinski definition) is 6. The molecule has 100 valence electrons. The lowest BCUT2D eigenvalue weighted by Crippen LogP contribution is -2.47. The molecule has 6 heteroatoms. The van der Waals surface area contributed by atoms with Crippen molar-refractivity contribution in [2.75, 3.05) is 20.3 Å². The van der Waals surface area contributed by atoms with Crippen LogP contribution < -0.4 is 0 Å². The SMILES string of the molecule is COC(=O)OC[C@@]12CC[C@@H](O1)[C@@]1(C)C(=O)OC[C@H]21. The minimum absolute atomic E-state index is 0.0408. The molecule has 4 atom stereocenters. The maximum Gasteiger partial charge on any atom is 0.508 e. The second-order valence-electron chi connectivity index (χ2n) is 5.39. The molecule has 0 aromatic rings. The van der Waals surface area contributed by atoms with Crippen LogP contribution in [0.2, 0.25) is 0 Å². The van der Waals surface area contributed by atoms with Crippen LogP contribution in [0.15, 0.2) is 0 Å². The van der Waals surface area contributed by atoms with Crippen LogP contribution in [-0.4, -0.2) is 44.2 Å². The van der Waals surface area contributed by atoms with Crippen molar-refractivity contribution in [3.63, 3.8) is 0 Å². The Kier molecular flexibility index (Phi) is 2.35. The fourth-order valence-electron chi connectivity index (χ4n) is 3.59. The molecule has 3 heterocycles. The van der Waals surface area contributed by atoms with E-state index < -0.39 is 17.2 Å². The van der Waals surface area contributed by atoms with Crippen molar-refractivity contribution < 1.29 is 28.5 Å². The van der Waals surface area contributed by atoms with E-state index in [0.29, 0.717) is 6.61 Å². The fraction of sp³-hybridized carbons (Fsp3) is 0.833. The van der Waals surface area contributed by atoms with Gasteiger partial charge in [-0.2, -0.15) is 0 Å². The van der Waals surface area contributed by atoms with Crippen LogP contribution in [0.4, 0.5) is 4.79 Å². The Bertz CT molecular complexity index is 407. The molecule has 3 rings (SSSR count). The highest BCUT2D eigenvalue weighted by molar-refractivity contribution is 5.81. The third-order valence-corrected chi connectivity index (χ3v) is 4.66. The summed E-state index contributed by atoms with van der Waals surface area (Å²) in [6.07, 6.45) is 0.729. The summed E-state index contributed by atoms with van der Waals surface area (Å²) in [7, 11) is 1.26. The predicted octanol–water partition coefficient (Wildman–Crippen LogP) is 0.880. The first-order chi connectivity index (χ1) is 8.53. The Balaban J connectivity index is 1.82. The van der Waals surface area contributed by atoms with Crippen LogP contribution in [0.1, 0.15) is 19.8 Å². The monoisotopic (exact) mass is 256 g/mol. The van der Waals surface area contributed by atoms with Gasteiger partial charge >= 0.3 is 12.1 Å². The van der Waals surface area contributed by atoms with Gasteiger partial charge in [0.1, 0.15) is 17.6 Å². The molecular formula is C12H16O6. The topological polar surface area (TPSA) is 71.1 Å². The third kappa shape index (κ3) is 1.27. The smallest absolute Gasteiger partial charge is 0.465 e. The Morgan fingerprint density at radius 2 is 2.33 bits per heavy atom. The van der Waals surface area contributed by atoms with Crippen molar-refractivity contribution in [3.8, 4) is 0 Å². The Labute approximate surface area is 105 Å². The van der Waals surface area contributed by atoms with Crippen LogP contribution in [0, 0.1) is 11.3 Å². The zero-order chi connectivity index (χ0) is 13.0. The quantitative estimate of drug-likeness (QED) is 0.683. The molecule has 6 nitrogen and oxygen atoms in total. The summed E-state index contributed by atoms with van der Waals surface area (Å²) < 4.78 is 20.6. The summed E-state index contributed by atoms with van der Waals surface area (Å²) in [4.78, 5) is 22.9. The predicted molar refractivity (Wildman–Crippen MR) is 57.8 cm³/mol. The van der Waals surface area contributed by atoms with E-state index in [9.17, 15) is 9.59 Å². The van der Waals surface area contributed by atoms with E-state index in [0.717, 1.165) is 12.8 Å². The van der Waals surface area contributed by atoms with Gasteiger partial charge in [-0.3, -0.25) is 4.79 Å². The fourth-order valence-corrected chi connectivity index (χ4v) is 3.59. The summed E-state index contributed by atoms with van der Waals surface area (Å²) in [5.74, 6) is -0.238. The second kappa shape index (κ2) is 3.60. The summed E-state index contributed by atoms with van der Waals surface area (Å²) in [6.45, 7) is 2.35. The van der Waals surface area contributed by atoms with E-state index in [1.807, 2.05) is 6.92 Å². The normalized spacial score (nSPS) is 44.7. The number of esters is 1. The van der Waals surface area contributed by atoms with Gasteiger partial charge in [-0.05, 0) is 19.8 Å². The van der Waals surface area contributed by atoms with Crippen LogP contribution in [0.5, 0.6) is 0 Å². The zero-order valence-electron chi connectivity index (χ0n) is 10.4. The molecule has 0 radical (unpaired) electrons. The number of ether oxygens (including phenoxy) is 4. The molecule has 2 bridgehead atoms. The first kappa shape index (κ1) is 11.8. The van der Waals surface area contributed by atoms with Crippen molar-refractivity contribution in [2.24, 2.45) is 11.3 Å². The standard InChI is InChI=1S/C12H16O6/c1-11-7(5-16-9(11)13)12(4-3-8(11)18-12)6-17-10(14)15-2/h7-8H,3-6H2,1-2H3/t7-,8+,11-,12+/m0/s1. The summed E-state index contributed by atoms with van der Waals surface area (Å²) in [5.41, 5.74) is -1.17. The van der Waals surface area contributed by atoms with Gasteiger partial charge in [0, 0.05) is 5.92 Å². The number of rotatable bonds is 2. The van der Waals surface area contributed by atoms with E-state index in [-0.39, 0.29) is 24.6 Å². The van der Waals surface area contributed by atoms with Crippen molar-refractivity contribution in [1.82, 2.24) is 0 Å². The maximum absolute atomic E-state index is 11.9. The van der Waals surface area contributed by atoms with E-state index in [4.69, 9.17) is 14.2 Å².